The summed E-state index contributed by atoms with van der Waals surface area (Å²) in [5.41, 5.74) is 0.934. The molecule has 0 radical (unpaired) electrons. The Hall–Kier alpha value is -1.81. The van der Waals surface area contributed by atoms with Crippen LogP contribution in [0.4, 0.5) is 0 Å². The predicted octanol–water partition coefficient (Wildman–Crippen LogP) is 4.35. The van der Waals surface area contributed by atoms with Crippen molar-refractivity contribution >= 4 is 17.2 Å². The van der Waals surface area contributed by atoms with Crippen molar-refractivity contribution in [2.45, 2.75) is 38.1 Å². The lowest BCUT2D eigenvalue weighted by Gasteiger charge is -2.24. The highest BCUT2D eigenvalue weighted by Crippen LogP contribution is 2.37. The van der Waals surface area contributed by atoms with Gasteiger partial charge in [-0.1, -0.05) is 37.1 Å². The van der Waals surface area contributed by atoms with Crippen LogP contribution in [0.3, 0.4) is 0 Å². The second-order valence-corrected chi connectivity index (χ2v) is 7.07. The molecular formula is C19H23NO2S. The van der Waals surface area contributed by atoms with Crippen LogP contribution in [0.15, 0.2) is 41.8 Å². The van der Waals surface area contributed by atoms with Crippen LogP contribution in [-0.2, 0) is 11.2 Å². The highest BCUT2D eigenvalue weighted by Gasteiger charge is 2.28. The molecule has 0 saturated heterocycles. The van der Waals surface area contributed by atoms with E-state index in [-0.39, 0.29) is 11.9 Å². The van der Waals surface area contributed by atoms with Crippen molar-refractivity contribution in [3.8, 4) is 5.75 Å². The minimum absolute atomic E-state index is 0.0693. The largest absolute Gasteiger partial charge is 0.496 e. The Morgan fingerprint density at radius 1 is 1.26 bits per heavy atom. The van der Waals surface area contributed by atoms with Crippen LogP contribution in [-0.4, -0.2) is 13.0 Å². The van der Waals surface area contributed by atoms with Gasteiger partial charge in [0.15, 0.2) is 0 Å². The zero-order chi connectivity index (χ0) is 16.1. The minimum atomic E-state index is 0.0693. The van der Waals surface area contributed by atoms with Gasteiger partial charge in [-0.2, -0.15) is 0 Å². The van der Waals surface area contributed by atoms with Gasteiger partial charge in [-0.25, -0.2) is 0 Å². The first kappa shape index (κ1) is 16.1. The maximum Gasteiger partial charge on any atom is 0.225 e. The summed E-state index contributed by atoms with van der Waals surface area (Å²) in [4.78, 5) is 13.8. The fourth-order valence-corrected chi connectivity index (χ4v) is 4.30. The van der Waals surface area contributed by atoms with Gasteiger partial charge in [-0.3, -0.25) is 4.79 Å². The van der Waals surface area contributed by atoms with Gasteiger partial charge in [0.2, 0.25) is 5.91 Å². The predicted molar refractivity (Wildman–Crippen MR) is 93.9 cm³/mol. The van der Waals surface area contributed by atoms with Crippen molar-refractivity contribution in [2.24, 2.45) is 5.92 Å². The molecule has 1 aromatic carbocycles. The fraction of sp³-hybridized carbons (Fsp3) is 0.421. The molecule has 1 aliphatic carbocycles. The molecule has 1 aliphatic rings. The lowest BCUT2D eigenvalue weighted by Crippen LogP contribution is -2.33. The number of hydrogen-bond acceptors (Lipinski definition) is 3. The van der Waals surface area contributed by atoms with E-state index in [0.717, 1.165) is 11.3 Å². The van der Waals surface area contributed by atoms with Gasteiger partial charge < -0.3 is 10.1 Å². The minimum Gasteiger partial charge on any atom is -0.496 e. The molecule has 0 bridgehead atoms. The molecule has 1 heterocycles. The zero-order valence-corrected chi connectivity index (χ0v) is 14.3. The summed E-state index contributed by atoms with van der Waals surface area (Å²) in [6.07, 6.45) is 5.32. The van der Waals surface area contributed by atoms with Gasteiger partial charge in [-0.05, 0) is 36.3 Å². The number of thiophene rings is 1. The van der Waals surface area contributed by atoms with Gasteiger partial charge in [0.05, 0.1) is 19.6 Å². The lowest BCUT2D eigenvalue weighted by atomic mass is 9.96. The number of methoxy groups -OCH3 is 1. The van der Waals surface area contributed by atoms with E-state index in [4.69, 9.17) is 4.74 Å². The molecule has 2 aromatic rings. The maximum absolute atomic E-state index is 12.6. The normalized spacial score (nSPS) is 16.2. The molecule has 0 spiro atoms. The third kappa shape index (κ3) is 3.94. The van der Waals surface area contributed by atoms with E-state index in [1.54, 1.807) is 18.4 Å². The molecule has 0 aliphatic heterocycles. The van der Waals surface area contributed by atoms with E-state index in [2.05, 4.69) is 22.8 Å². The number of carbonyl (C=O) groups excluding carboxylic acids is 1. The average molecular weight is 329 g/mol. The van der Waals surface area contributed by atoms with Crippen LogP contribution in [0.1, 0.15) is 42.2 Å². The Morgan fingerprint density at radius 3 is 2.74 bits per heavy atom. The fourth-order valence-electron chi connectivity index (χ4n) is 3.43. The summed E-state index contributed by atoms with van der Waals surface area (Å²) >= 11 is 1.73. The number of nitrogens with one attached hydrogen (secondary N) is 1. The van der Waals surface area contributed by atoms with Crippen LogP contribution in [0, 0.1) is 5.92 Å². The smallest absolute Gasteiger partial charge is 0.225 e. The van der Waals surface area contributed by atoms with Gasteiger partial charge in [0.1, 0.15) is 5.75 Å². The molecule has 1 aromatic heterocycles. The number of carbonyl (C=O) groups is 1. The maximum atomic E-state index is 12.6. The number of rotatable bonds is 6. The van der Waals surface area contributed by atoms with E-state index in [0.29, 0.717) is 12.3 Å². The van der Waals surface area contributed by atoms with E-state index < -0.39 is 0 Å². The standard InChI is InChI=1S/C19H23NO2S/c1-22-16-10-5-4-9-15(16)13-18(21)20-19(14-7-2-3-8-14)17-11-6-12-23-17/h4-6,9-12,14,19H,2-3,7-8,13H2,1H3,(H,20,21). The van der Waals surface area contributed by atoms with E-state index >= 15 is 0 Å². The molecule has 3 nitrogen and oxygen atoms in total. The van der Waals surface area contributed by atoms with E-state index in [9.17, 15) is 4.79 Å². The summed E-state index contributed by atoms with van der Waals surface area (Å²) < 4.78 is 5.35. The molecule has 23 heavy (non-hydrogen) atoms. The average Bonchev–Trinajstić information content (AvgIpc) is 3.27. The molecule has 3 rings (SSSR count). The number of amides is 1. The second kappa shape index (κ2) is 7.64. The molecule has 1 unspecified atom stereocenters. The third-order valence-corrected chi connectivity index (χ3v) is 5.54. The third-order valence-electron chi connectivity index (χ3n) is 4.58. The summed E-state index contributed by atoms with van der Waals surface area (Å²) in [6, 6.07) is 12.1. The Bertz CT molecular complexity index is 633. The van der Waals surface area contributed by atoms with Crippen molar-refractivity contribution in [1.82, 2.24) is 5.32 Å². The first-order valence-electron chi connectivity index (χ1n) is 8.22. The summed E-state index contributed by atoms with van der Waals surface area (Å²) in [5.74, 6) is 1.41. The van der Waals surface area contributed by atoms with Crippen molar-refractivity contribution in [2.75, 3.05) is 7.11 Å². The Balaban J connectivity index is 1.71. The topological polar surface area (TPSA) is 38.3 Å². The van der Waals surface area contributed by atoms with Crippen molar-refractivity contribution < 1.29 is 9.53 Å². The Morgan fingerprint density at radius 2 is 2.04 bits per heavy atom. The number of para-hydroxylation sites is 1. The van der Waals surface area contributed by atoms with Crippen molar-refractivity contribution in [3.05, 3.63) is 52.2 Å². The molecular weight excluding hydrogens is 306 g/mol. The molecule has 1 saturated carbocycles. The van der Waals surface area contributed by atoms with Crippen molar-refractivity contribution in [3.63, 3.8) is 0 Å². The van der Waals surface area contributed by atoms with Gasteiger partial charge >= 0.3 is 0 Å². The lowest BCUT2D eigenvalue weighted by molar-refractivity contribution is -0.121. The van der Waals surface area contributed by atoms with Crippen molar-refractivity contribution in [1.29, 1.82) is 0 Å². The SMILES string of the molecule is COc1ccccc1CC(=O)NC(c1cccs1)C1CCCC1. The van der Waals surface area contributed by atoms with E-state index in [1.165, 1.54) is 30.6 Å². The first-order chi connectivity index (χ1) is 11.3. The van der Waals surface area contributed by atoms with Gasteiger partial charge in [0.25, 0.3) is 0 Å². The second-order valence-electron chi connectivity index (χ2n) is 6.09. The van der Waals surface area contributed by atoms with Gasteiger partial charge in [-0.15, -0.1) is 11.3 Å². The molecule has 4 heteroatoms. The molecule has 1 fully saturated rings. The molecule has 122 valence electrons. The summed E-state index contributed by atoms with van der Waals surface area (Å²) in [6.45, 7) is 0. The highest BCUT2D eigenvalue weighted by molar-refractivity contribution is 7.10. The van der Waals surface area contributed by atoms with E-state index in [1.807, 2.05) is 24.3 Å². The molecule has 1 N–H and O–H groups in total. The Kier molecular flexibility index (Phi) is 5.34. The Labute approximate surface area is 141 Å². The van der Waals surface area contributed by atoms with Crippen LogP contribution < -0.4 is 10.1 Å². The van der Waals surface area contributed by atoms with Crippen LogP contribution in [0.25, 0.3) is 0 Å². The number of ether oxygens (including phenoxy) is 1. The zero-order valence-electron chi connectivity index (χ0n) is 13.5. The molecule has 1 amide bonds. The number of hydrogen-bond donors (Lipinski definition) is 1. The van der Waals surface area contributed by atoms with Gasteiger partial charge in [0, 0.05) is 10.4 Å². The quantitative estimate of drug-likeness (QED) is 0.856. The first-order valence-corrected chi connectivity index (χ1v) is 9.10. The summed E-state index contributed by atoms with van der Waals surface area (Å²) in [7, 11) is 1.64. The van der Waals surface area contributed by atoms with Crippen LogP contribution in [0.5, 0.6) is 5.75 Å². The van der Waals surface area contributed by atoms with Crippen LogP contribution >= 0.6 is 11.3 Å². The van der Waals surface area contributed by atoms with Crippen LogP contribution in [0.2, 0.25) is 0 Å². The highest BCUT2D eigenvalue weighted by atomic mass is 32.1. The monoisotopic (exact) mass is 329 g/mol. The molecule has 1 atom stereocenters. The summed E-state index contributed by atoms with van der Waals surface area (Å²) in [5, 5.41) is 5.36. The number of benzene rings is 1.